The summed E-state index contributed by atoms with van der Waals surface area (Å²) in [6, 6.07) is 24.3. The Morgan fingerprint density at radius 3 is 1.36 bits per heavy atom. The molecule has 0 unspecified atom stereocenters. The molecular weight excluding hydrogens is 326 g/mol. The Kier molecular flexibility index (Phi) is 4.91. The van der Waals surface area contributed by atoms with Gasteiger partial charge in [0.15, 0.2) is 0 Å². The van der Waals surface area contributed by atoms with Gasteiger partial charge in [0.2, 0.25) is 0 Å². The third kappa shape index (κ3) is 3.59. The molecule has 4 heteroatoms. The van der Waals surface area contributed by atoms with Crippen LogP contribution in [0.15, 0.2) is 77.7 Å². The van der Waals surface area contributed by atoms with Crippen LogP contribution in [0.2, 0.25) is 0 Å². The molecule has 0 aliphatic rings. The standard InChI is InChI=1S/C21H23N3S/c1-2-21(15-3-7-17(22)8-4-15,16-5-9-18(23)10-6-16)25-20-13-11-19(24)12-14-20/h3-14H,2,22-24H2,1H3. The Bertz CT molecular complexity index is 779. The molecule has 0 amide bonds. The molecule has 0 aliphatic heterocycles. The van der Waals surface area contributed by atoms with Gasteiger partial charge in [-0.1, -0.05) is 31.2 Å². The summed E-state index contributed by atoms with van der Waals surface area (Å²) in [6.45, 7) is 2.21. The highest BCUT2D eigenvalue weighted by atomic mass is 32.2. The third-order valence-electron chi connectivity index (χ3n) is 4.42. The minimum Gasteiger partial charge on any atom is -0.399 e. The maximum atomic E-state index is 5.90. The Morgan fingerprint density at radius 1 is 0.640 bits per heavy atom. The molecule has 0 aromatic heterocycles. The zero-order chi connectivity index (χ0) is 17.9. The van der Waals surface area contributed by atoms with Crippen LogP contribution in [0.1, 0.15) is 24.5 Å². The van der Waals surface area contributed by atoms with Crippen LogP contribution < -0.4 is 17.2 Å². The van der Waals surface area contributed by atoms with Crippen molar-refractivity contribution in [3.8, 4) is 0 Å². The predicted octanol–water partition coefficient (Wildman–Crippen LogP) is 4.88. The molecule has 0 fully saturated rings. The van der Waals surface area contributed by atoms with E-state index in [1.165, 1.54) is 16.0 Å². The summed E-state index contributed by atoms with van der Waals surface area (Å²) in [6.07, 6.45) is 0.926. The summed E-state index contributed by atoms with van der Waals surface area (Å²) >= 11 is 1.83. The highest BCUT2D eigenvalue weighted by Gasteiger charge is 2.33. The number of thioether (sulfide) groups is 1. The molecule has 0 atom stereocenters. The van der Waals surface area contributed by atoms with Crippen LogP contribution in [0.4, 0.5) is 17.1 Å². The van der Waals surface area contributed by atoms with Gasteiger partial charge in [0.05, 0.1) is 4.75 Å². The van der Waals surface area contributed by atoms with E-state index in [1.54, 1.807) is 0 Å². The number of hydrogen-bond donors (Lipinski definition) is 3. The topological polar surface area (TPSA) is 78.1 Å². The first-order valence-corrected chi connectivity index (χ1v) is 9.12. The van der Waals surface area contributed by atoms with Crippen LogP contribution in [0, 0.1) is 0 Å². The van der Waals surface area contributed by atoms with Gasteiger partial charge in [-0.2, -0.15) is 0 Å². The lowest BCUT2D eigenvalue weighted by Gasteiger charge is -2.34. The number of anilines is 3. The molecule has 6 N–H and O–H groups in total. The van der Waals surface area contributed by atoms with Crippen LogP contribution in [0.5, 0.6) is 0 Å². The lowest BCUT2D eigenvalue weighted by molar-refractivity contribution is 0.710. The van der Waals surface area contributed by atoms with Gasteiger partial charge in [-0.25, -0.2) is 0 Å². The third-order valence-corrected chi connectivity index (χ3v) is 6.04. The number of nitrogen functional groups attached to an aromatic ring is 3. The molecule has 0 radical (unpaired) electrons. The molecule has 0 saturated carbocycles. The Morgan fingerprint density at radius 2 is 1.00 bits per heavy atom. The molecule has 25 heavy (non-hydrogen) atoms. The highest BCUT2D eigenvalue weighted by molar-refractivity contribution is 8.00. The molecule has 0 spiro atoms. The van der Waals surface area contributed by atoms with Crippen molar-refractivity contribution in [3.63, 3.8) is 0 Å². The van der Waals surface area contributed by atoms with E-state index in [2.05, 4.69) is 43.3 Å². The Balaban J connectivity index is 2.12. The fourth-order valence-electron chi connectivity index (χ4n) is 3.01. The lowest BCUT2D eigenvalue weighted by atomic mass is 9.87. The highest BCUT2D eigenvalue weighted by Crippen LogP contribution is 2.49. The van der Waals surface area contributed by atoms with Crippen molar-refractivity contribution in [1.29, 1.82) is 0 Å². The Labute approximate surface area is 153 Å². The van der Waals surface area contributed by atoms with Crippen molar-refractivity contribution in [2.75, 3.05) is 17.2 Å². The molecule has 0 heterocycles. The first-order valence-electron chi connectivity index (χ1n) is 8.30. The summed E-state index contributed by atoms with van der Waals surface area (Å²) in [5.41, 5.74) is 22.4. The summed E-state index contributed by atoms with van der Waals surface area (Å²) in [7, 11) is 0. The largest absolute Gasteiger partial charge is 0.399 e. The predicted molar refractivity (Wildman–Crippen MR) is 109 cm³/mol. The van der Waals surface area contributed by atoms with E-state index in [-0.39, 0.29) is 4.75 Å². The fraction of sp³-hybridized carbons (Fsp3) is 0.143. The lowest BCUT2D eigenvalue weighted by Crippen LogP contribution is -2.23. The zero-order valence-electron chi connectivity index (χ0n) is 14.3. The fourth-order valence-corrected chi connectivity index (χ4v) is 4.33. The van der Waals surface area contributed by atoms with E-state index >= 15 is 0 Å². The molecule has 0 aliphatic carbocycles. The quantitative estimate of drug-likeness (QED) is 0.453. The van der Waals surface area contributed by atoms with Crippen LogP contribution in [-0.2, 0) is 4.75 Å². The average Bonchev–Trinajstić information content (AvgIpc) is 2.63. The van der Waals surface area contributed by atoms with E-state index in [0.717, 1.165) is 23.5 Å². The van der Waals surface area contributed by atoms with Gasteiger partial charge in [0, 0.05) is 22.0 Å². The average molecular weight is 350 g/mol. The summed E-state index contributed by atoms with van der Waals surface area (Å²) in [4.78, 5) is 1.17. The minimum absolute atomic E-state index is 0.225. The maximum Gasteiger partial charge on any atom is 0.0701 e. The first-order chi connectivity index (χ1) is 12.0. The van der Waals surface area contributed by atoms with Crippen molar-refractivity contribution in [2.24, 2.45) is 0 Å². The van der Waals surface area contributed by atoms with Gasteiger partial charge in [-0.3, -0.25) is 0 Å². The minimum atomic E-state index is -0.225. The van der Waals surface area contributed by atoms with Gasteiger partial charge in [-0.15, -0.1) is 11.8 Å². The zero-order valence-corrected chi connectivity index (χ0v) is 15.1. The van der Waals surface area contributed by atoms with Crippen molar-refractivity contribution in [3.05, 3.63) is 83.9 Å². The van der Waals surface area contributed by atoms with E-state index in [1.807, 2.05) is 48.2 Å². The molecule has 3 rings (SSSR count). The molecule has 3 nitrogen and oxygen atoms in total. The number of hydrogen-bond acceptors (Lipinski definition) is 4. The first kappa shape index (κ1) is 17.2. The van der Waals surface area contributed by atoms with E-state index in [0.29, 0.717) is 0 Å². The second-order valence-electron chi connectivity index (χ2n) is 6.10. The normalized spacial score (nSPS) is 11.4. The van der Waals surface area contributed by atoms with Gasteiger partial charge in [-0.05, 0) is 66.1 Å². The maximum absolute atomic E-state index is 5.90. The van der Waals surface area contributed by atoms with Crippen LogP contribution >= 0.6 is 11.8 Å². The molecular formula is C21H23N3S. The Hall–Kier alpha value is -2.59. The van der Waals surface area contributed by atoms with E-state index < -0.39 is 0 Å². The monoisotopic (exact) mass is 349 g/mol. The number of benzene rings is 3. The summed E-state index contributed by atoms with van der Waals surface area (Å²) in [5, 5.41) is 0. The van der Waals surface area contributed by atoms with Gasteiger partial charge < -0.3 is 17.2 Å². The molecule has 0 bridgehead atoms. The second-order valence-corrected chi connectivity index (χ2v) is 7.47. The molecule has 3 aromatic rings. The van der Waals surface area contributed by atoms with Gasteiger partial charge in [0.25, 0.3) is 0 Å². The van der Waals surface area contributed by atoms with Crippen molar-refractivity contribution in [2.45, 2.75) is 23.0 Å². The van der Waals surface area contributed by atoms with Crippen LogP contribution in [0.3, 0.4) is 0 Å². The molecule has 3 aromatic carbocycles. The van der Waals surface area contributed by atoms with E-state index in [9.17, 15) is 0 Å². The summed E-state index contributed by atoms with van der Waals surface area (Å²) < 4.78 is -0.225. The van der Waals surface area contributed by atoms with Gasteiger partial charge >= 0.3 is 0 Å². The van der Waals surface area contributed by atoms with Crippen LogP contribution in [0.25, 0.3) is 0 Å². The SMILES string of the molecule is CCC(Sc1ccc(N)cc1)(c1ccc(N)cc1)c1ccc(N)cc1. The summed E-state index contributed by atoms with van der Waals surface area (Å²) in [5.74, 6) is 0. The van der Waals surface area contributed by atoms with Crippen molar-refractivity contribution >= 4 is 28.8 Å². The number of nitrogens with two attached hydrogens (primary N) is 3. The number of rotatable bonds is 5. The molecule has 0 saturated heterocycles. The van der Waals surface area contributed by atoms with E-state index in [4.69, 9.17) is 17.2 Å². The second kappa shape index (κ2) is 7.11. The smallest absolute Gasteiger partial charge is 0.0701 e. The molecule has 128 valence electrons. The van der Waals surface area contributed by atoms with Gasteiger partial charge in [0.1, 0.15) is 0 Å². The van der Waals surface area contributed by atoms with Crippen molar-refractivity contribution < 1.29 is 0 Å². The van der Waals surface area contributed by atoms with Crippen LogP contribution in [-0.4, -0.2) is 0 Å². The van der Waals surface area contributed by atoms with Crippen molar-refractivity contribution in [1.82, 2.24) is 0 Å².